The molecule has 0 fully saturated rings. The lowest BCUT2D eigenvalue weighted by atomic mass is 10.2. The van der Waals surface area contributed by atoms with Crippen LogP contribution in [-0.4, -0.2) is 43.4 Å². The molecule has 0 bridgehead atoms. The zero-order valence-corrected chi connectivity index (χ0v) is 13.5. The largest absolute Gasteiger partial charge is 0.378 e. The normalized spacial score (nSPS) is 10.4. The number of nitrogens with zero attached hydrogens (tertiary/aromatic N) is 2. The van der Waals surface area contributed by atoms with Gasteiger partial charge in [0, 0.05) is 51.4 Å². The number of anilines is 2. The van der Waals surface area contributed by atoms with Crippen molar-refractivity contribution in [2.45, 2.75) is 33.2 Å². The van der Waals surface area contributed by atoms with Gasteiger partial charge in [-0.15, -0.1) is 0 Å². The van der Waals surface area contributed by atoms with Crippen LogP contribution in [-0.2, 0) is 9.59 Å². The number of hydrogen-bond acceptors (Lipinski definition) is 3. The Morgan fingerprint density at radius 3 is 2.14 bits per heavy atom. The SMILES string of the molecule is CC(=O)N(CCC(=O)Nc1ccc(N(C)C)cc1)C(C)C. The van der Waals surface area contributed by atoms with Gasteiger partial charge in [0.25, 0.3) is 0 Å². The minimum absolute atomic E-state index is 0.00636. The summed E-state index contributed by atoms with van der Waals surface area (Å²) in [5.41, 5.74) is 1.85. The van der Waals surface area contributed by atoms with Crippen molar-refractivity contribution in [2.75, 3.05) is 30.9 Å². The first-order valence-corrected chi connectivity index (χ1v) is 7.15. The van der Waals surface area contributed by atoms with Crippen LogP contribution >= 0.6 is 0 Å². The summed E-state index contributed by atoms with van der Waals surface area (Å²) in [5.74, 6) is -0.0901. The van der Waals surface area contributed by atoms with Crippen molar-refractivity contribution in [3.63, 3.8) is 0 Å². The molecule has 1 aromatic carbocycles. The van der Waals surface area contributed by atoms with Crippen molar-refractivity contribution >= 4 is 23.2 Å². The molecule has 0 aliphatic heterocycles. The topological polar surface area (TPSA) is 52.7 Å². The molecule has 0 aliphatic carbocycles. The lowest BCUT2D eigenvalue weighted by Crippen LogP contribution is -2.37. The van der Waals surface area contributed by atoms with Crippen LogP contribution in [0, 0.1) is 0 Å². The Labute approximate surface area is 126 Å². The van der Waals surface area contributed by atoms with Crippen molar-refractivity contribution in [1.29, 1.82) is 0 Å². The van der Waals surface area contributed by atoms with Gasteiger partial charge in [-0.05, 0) is 38.1 Å². The molecule has 1 N–H and O–H groups in total. The number of rotatable bonds is 6. The summed E-state index contributed by atoms with van der Waals surface area (Å²) in [6.07, 6.45) is 0.299. The molecule has 1 aromatic rings. The Morgan fingerprint density at radius 2 is 1.71 bits per heavy atom. The predicted molar refractivity (Wildman–Crippen MR) is 86.5 cm³/mol. The summed E-state index contributed by atoms with van der Waals surface area (Å²) in [7, 11) is 3.94. The number of amides is 2. The molecule has 0 unspecified atom stereocenters. The number of carbonyl (C=O) groups excluding carboxylic acids is 2. The lowest BCUT2D eigenvalue weighted by Gasteiger charge is -2.25. The highest BCUT2D eigenvalue weighted by Gasteiger charge is 2.14. The molecule has 0 aromatic heterocycles. The van der Waals surface area contributed by atoms with Gasteiger partial charge in [-0.3, -0.25) is 9.59 Å². The maximum atomic E-state index is 11.9. The third kappa shape index (κ3) is 5.45. The maximum absolute atomic E-state index is 11.9. The van der Waals surface area contributed by atoms with Crippen LogP contribution in [0.4, 0.5) is 11.4 Å². The van der Waals surface area contributed by atoms with Gasteiger partial charge in [0.2, 0.25) is 11.8 Å². The Hall–Kier alpha value is -2.04. The first-order chi connectivity index (χ1) is 9.81. The van der Waals surface area contributed by atoms with Crippen molar-refractivity contribution in [3.05, 3.63) is 24.3 Å². The molecule has 0 radical (unpaired) electrons. The first-order valence-electron chi connectivity index (χ1n) is 7.15. The van der Waals surface area contributed by atoms with Crippen LogP contribution < -0.4 is 10.2 Å². The number of benzene rings is 1. The summed E-state index contributed by atoms with van der Waals surface area (Å²) < 4.78 is 0. The molecule has 5 heteroatoms. The van der Waals surface area contributed by atoms with Crippen LogP contribution in [0.25, 0.3) is 0 Å². The molecule has 116 valence electrons. The molecule has 0 saturated carbocycles. The minimum Gasteiger partial charge on any atom is -0.378 e. The molecule has 1 rings (SSSR count). The van der Waals surface area contributed by atoms with Gasteiger partial charge in [-0.1, -0.05) is 0 Å². The molecule has 21 heavy (non-hydrogen) atoms. The smallest absolute Gasteiger partial charge is 0.226 e. The first kappa shape index (κ1) is 17.0. The monoisotopic (exact) mass is 291 g/mol. The second kappa shape index (κ2) is 7.67. The molecule has 5 nitrogen and oxygen atoms in total. The third-order valence-electron chi connectivity index (χ3n) is 3.28. The van der Waals surface area contributed by atoms with Gasteiger partial charge in [0.05, 0.1) is 0 Å². The molecule has 0 heterocycles. The molecule has 0 saturated heterocycles. The van der Waals surface area contributed by atoms with Crippen molar-refractivity contribution in [2.24, 2.45) is 0 Å². The molecular formula is C16H25N3O2. The predicted octanol–water partition coefficient (Wildman–Crippen LogP) is 2.34. The highest BCUT2D eigenvalue weighted by molar-refractivity contribution is 5.91. The van der Waals surface area contributed by atoms with Crippen LogP contribution in [0.3, 0.4) is 0 Å². The van der Waals surface area contributed by atoms with Crippen LogP contribution in [0.5, 0.6) is 0 Å². The standard InChI is InChI=1S/C16H25N3O2/c1-12(2)19(13(3)20)11-10-16(21)17-14-6-8-15(9-7-14)18(4)5/h6-9,12H,10-11H2,1-5H3,(H,17,21). The Bertz CT molecular complexity index is 481. The van der Waals surface area contributed by atoms with Crippen molar-refractivity contribution in [1.82, 2.24) is 4.90 Å². The Morgan fingerprint density at radius 1 is 1.14 bits per heavy atom. The summed E-state index contributed by atoms with van der Waals surface area (Å²) in [6, 6.07) is 7.75. The Kier molecular flexibility index (Phi) is 6.21. The molecule has 0 aliphatic rings. The fraction of sp³-hybridized carbons (Fsp3) is 0.500. The van der Waals surface area contributed by atoms with Gasteiger partial charge in [-0.25, -0.2) is 0 Å². The fourth-order valence-electron chi connectivity index (χ4n) is 2.07. The highest BCUT2D eigenvalue weighted by Crippen LogP contribution is 2.15. The van der Waals surface area contributed by atoms with E-state index in [4.69, 9.17) is 0 Å². The number of carbonyl (C=O) groups is 2. The summed E-state index contributed by atoms with van der Waals surface area (Å²) >= 11 is 0. The average molecular weight is 291 g/mol. The summed E-state index contributed by atoms with van der Waals surface area (Å²) in [6.45, 7) is 5.85. The van der Waals surface area contributed by atoms with Gasteiger partial charge in [-0.2, -0.15) is 0 Å². The van der Waals surface area contributed by atoms with E-state index >= 15 is 0 Å². The lowest BCUT2D eigenvalue weighted by molar-refractivity contribution is -0.130. The number of nitrogens with one attached hydrogen (secondary N) is 1. The maximum Gasteiger partial charge on any atom is 0.226 e. The van der Waals surface area contributed by atoms with E-state index in [1.165, 1.54) is 6.92 Å². The van der Waals surface area contributed by atoms with Crippen LogP contribution in [0.15, 0.2) is 24.3 Å². The van der Waals surface area contributed by atoms with Gasteiger partial charge in [0.1, 0.15) is 0 Å². The van der Waals surface area contributed by atoms with E-state index < -0.39 is 0 Å². The van der Waals surface area contributed by atoms with Crippen molar-refractivity contribution < 1.29 is 9.59 Å². The minimum atomic E-state index is -0.0838. The van der Waals surface area contributed by atoms with E-state index in [0.717, 1.165) is 11.4 Å². The highest BCUT2D eigenvalue weighted by atomic mass is 16.2. The van der Waals surface area contributed by atoms with E-state index in [-0.39, 0.29) is 17.9 Å². The van der Waals surface area contributed by atoms with Crippen molar-refractivity contribution in [3.8, 4) is 0 Å². The quantitative estimate of drug-likeness (QED) is 0.875. The van der Waals surface area contributed by atoms with Crippen LogP contribution in [0.2, 0.25) is 0 Å². The average Bonchev–Trinajstić information content (AvgIpc) is 2.38. The van der Waals surface area contributed by atoms with E-state index in [1.54, 1.807) is 4.90 Å². The van der Waals surface area contributed by atoms with E-state index in [1.807, 2.05) is 57.1 Å². The number of hydrogen-bond donors (Lipinski definition) is 1. The molecule has 0 spiro atoms. The zero-order chi connectivity index (χ0) is 16.0. The van der Waals surface area contributed by atoms with Gasteiger partial charge in [0.15, 0.2) is 0 Å². The van der Waals surface area contributed by atoms with E-state index in [2.05, 4.69) is 5.32 Å². The molecule has 0 atom stereocenters. The van der Waals surface area contributed by atoms with E-state index in [9.17, 15) is 9.59 Å². The second-order valence-electron chi connectivity index (χ2n) is 5.55. The van der Waals surface area contributed by atoms with Gasteiger partial charge >= 0.3 is 0 Å². The fourth-order valence-corrected chi connectivity index (χ4v) is 2.07. The van der Waals surface area contributed by atoms with Gasteiger partial charge < -0.3 is 15.1 Å². The molecule has 2 amide bonds. The third-order valence-corrected chi connectivity index (χ3v) is 3.28. The van der Waals surface area contributed by atoms with E-state index in [0.29, 0.717) is 13.0 Å². The van der Waals surface area contributed by atoms with Crippen LogP contribution in [0.1, 0.15) is 27.2 Å². The Balaban J connectivity index is 2.52. The zero-order valence-electron chi connectivity index (χ0n) is 13.5. The molecular weight excluding hydrogens is 266 g/mol. The summed E-state index contributed by atoms with van der Waals surface area (Å²) in [4.78, 5) is 27.1. The second-order valence-corrected chi connectivity index (χ2v) is 5.55. The summed E-state index contributed by atoms with van der Waals surface area (Å²) in [5, 5.41) is 2.85.